The summed E-state index contributed by atoms with van der Waals surface area (Å²) in [6.07, 6.45) is 6.45. The fraction of sp³-hybridized carbons (Fsp3) is 0.200. The molecule has 1 aromatic heterocycles. The molecule has 0 saturated heterocycles. The number of hydrogen-bond donors (Lipinski definition) is 0. The van der Waals surface area contributed by atoms with Crippen molar-refractivity contribution in [1.82, 2.24) is 4.98 Å². The fourth-order valence-corrected chi connectivity index (χ4v) is 3.37. The van der Waals surface area contributed by atoms with Crippen LogP contribution in [-0.2, 0) is 12.8 Å². The molecule has 3 heteroatoms. The van der Waals surface area contributed by atoms with E-state index in [0.29, 0.717) is 0 Å². The molecule has 0 fully saturated rings. The van der Waals surface area contributed by atoms with E-state index in [0.717, 1.165) is 40.0 Å². The number of hydrogen-bond acceptors (Lipinski definition) is 2. The molecule has 1 aliphatic rings. The monoisotopic (exact) mass is 320 g/mol. The Morgan fingerprint density at radius 1 is 1.00 bits per heavy atom. The van der Waals surface area contributed by atoms with Crippen LogP contribution in [0, 0.1) is 0 Å². The van der Waals surface area contributed by atoms with Gasteiger partial charge in [0.25, 0.3) is 0 Å². The predicted molar refractivity (Wildman–Crippen MR) is 97.1 cm³/mol. The first-order valence-electron chi connectivity index (χ1n) is 8.01. The molecule has 114 valence electrons. The Morgan fingerprint density at radius 2 is 1.83 bits per heavy atom. The summed E-state index contributed by atoms with van der Waals surface area (Å²) in [5.41, 5.74) is 5.60. The SMILES string of the molecule is Clc1ccc2c(N=Cc3ccccc3)c3c(nc2c1)CCCC3. The van der Waals surface area contributed by atoms with Gasteiger partial charge in [-0.05, 0) is 55.0 Å². The molecule has 0 saturated carbocycles. The molecular weight excluding hydrogens is 304 g/mol. The summed E-state index contributed by atoms with van der Waals surface area (Å²) >= 11 is 6.15. The summed E-state index contributed by atoms with van der Waals surface area (Å²) in [6.45, 7) is 0. The van der Waals surface area contributed by atoms with Crippen LogP contribution >= 0.6 is 11.6 Å². The van der Waals surface area contributed by atoms with E-state index >= 15 is 0 Å². The van der Waals surface area contributed by atoms with Gasteiger partial charge in [0.05, 0.1) is 11.2 Å². The van der Waals surface area contributed by atoms with Gasteiger partial charge in [0, 0.05) is 22.3 Å². The third kappa shape index (κ3) is 2.87. The standard InChI is InChI=1S/C20H17ClN2/c21-15-10-11-17-19(12-15)23-18-9-5-4-8-16(18)20(17)22-13-14-6-2-1-3-7-14/h1-3,6-7,10-13H,4-5,8-9H2. The van der Waals surface area contributed by atoms with Crippen LogP contribution in [0.25, 0.3) is 10.9 Å². The van der Waals surface area contributed by atoms with E-state index in [4.69, 9.17) is 21.6 Å². The Balaban J connectivity index is 1.90. The number of aromatic nitrogens is 1. The zero-order valence-electron chi connectivity index (χ0n) is 12.8. The number of halogens is 1. The van der Waals surface area contributed by atoms with Gasteiger partial charge >= 0.3 is 0 Å². The summed E-state index contributed by atoms with van der Waals surface area (Å²) in [5, 5.41) is 1.81. The number of nitrogens with zero attached hydrogens (tertiary/aromatic N) is 2. The van der Waals surface area contributed by atoms with Crippen molar-refractivity contribution in [1.29, 1.82) is 0 Å². The number of pyridine rings is 1. The lowest BCUT2D eigenvalue weighted by Gasteiger charge is -2.18. The van der Waals surface area contributed by atoms with E-state index in [1.54, 1.807) is 0 Å². The van der Waals surface area contributed by atoms with Crippen LogP contribution in [0.3, 0.4) is 0 Å². The second-order valence-electron chi connectivity index (χ2n) is 5.92. The quantitative estimate of drug-likeness (QED) is 0.571. The highest BCUT2D eigenvalue weighted by Gasteiger charge is 2.17. The second kappa shape index (κ2) is 6.13. The maximum Gasteiger partial charge on any atom is 0.0774 e. The molecule has 0 spiro atoms. The first kappa shape index (κ1) is 14.4. The lowest BCUT2D eigenvalue weighted by atomic mass is 9.93. The Labute approximate surface area is 140 Å². The summed E-state index contributed by atoms with van der Waals surface area (Å²) in [7, 11) is 0. The molecule has 23 heavy (non-hydrogen) atoms. The van der Waals surface area contributed by atoms with Crippen molar-refractivity contribution in [2.45, 2.75) is 25.7 Å². The van der Waals surface area contributed by atoms with E-state index < -0.39 is 0 Å². The van der Waals surface area contributed by atoms with Crippen LogP contribution in [0.4, 0.5) is 5.69 Å². The first-order chi connectivity index (χ1) is 11.3. The summed E-state index contributed by atoms with van der Waals surface area (Å²) < 4.78 is 0. The molecule has 1 aliphatic carbocycles. The minimum atomic E-state index is 0.721. The number of aliphatic imine (C=N–C) groups is 1. The molecule has 1 heterocycles. The number of aryl methyl sites for hydroxylation is 1. The van der Waals surface area contributed by atoms with E-state index in [2.05, 4.69) is 12.1 Å². The smallest absolute Gasteiger partial charge is 0.0774 e. The van der Waals surface area contributed by atoms with Crippen LogP contribution < -0.4 is 0 Å². The second-order valence-corrected chi connectivity index (χ2v) is 6.36. The zero-order chi connectivity index (χ0) is 15.6. The van der Waals surface area contributed by atoms with Crippen LogP contribution in [0.15, 0.2) is 53.5 Å². The Bertz CT molecular complexity index is 885. The van der Waals surface area contributed by atoms with Crippen LogP contribution in [0.5, 0.6) is 0 Å². The molecule has 0 aliphatic heterocycles. The third-order valence-corrected chi connectivity index (χ3v) is 4.57. The average molecular weight is 321 g/mol. The predicted octanol–water partition coefficient (Wildman–Crippen LogP) is 5.52. The molecule has 3 aromatic rings. The van der Waals surface area contributed by atoms with Gasteiger partial charge < -0.3 is 0 Å². The molecule has 4 rings (SSSR count). The highest BCUT2D eigenvalue weighted by molar-refractivity contribution is 6.31. The van der Waals surface area contributed by atoms with Gasteiger partial charge in [-0.3, -0.25) is 9.98 Å². The summed E-state index contributed by atoms with van der Waals surface area (Å²) in [4.78, 5) is 9.67. The molecule has 2 aromatic carbocycles. The first-order valence-corrected chi connectivity index (χ1v) is 8.39. The van der Waals surface area contributed by atoms with Crippen LogP contribution in [0.2, 0.25) is 5.02 Å². The lowest BCUT2D eigenvalue weighted by molar-refractivity contribution is 0.672. The maximum absolute atomic E-state index is 6.15. The van der Waals surface area contributed by atoms with E-state index in [-0.39, 0.29) is 0 Å². The van der Waals surface area contributed by atoms with Crippen molar-refractivity contribution >= 4 is 34.4 Å². The van der Waals surface area contributed by atoms with Crippen molar-refractivity contribution in [3.63, 3.8) is 0 Å². The Hall–Kier alpha value is -2.19. The summed E-state index contributed by atoms with van der Waals surface area (Å²) in [6, 6.07) is 16.1. The molecule has 0 radical (unpaired) electrons. The van der Waals surface area contributed by atoms with Gasteiger partial charge in [0.15, 0.2) is 0 Å². The maximum atomic E-state index is 6.15. The molecule has 2 nitrogen and oxygen atoms in total. The van der Waals surface area contributed by atoms with Crippen molar-refractivity contribution in [3.05, 3.63) is 70.4 Å². The van der Waals surface area contributed by atoms with Crippen molar-refractivity contribution in [3.8, 4) is 0 Å². The third-order valence-electron chi connectivity index (χ3n) is 4.34. The van der Waals surface area contributed by atoms with E-state index in [9.17, 15) is 0 Å². The normalized spacial score (nSPS) is 14.3. The van der Waals surface area contributed by atoms with Crippen molar-refractivity contribution in [2.75, 3.05) is 0 Å². The van der Waals surface area contributed by atoms with Crippen LogP contribution in [0.1, 0.15) is 29.7 Å². The topological polar surface area (TPSA) is 25.2 Å². The fourth-order valence-electron chi connectivity index (χ4n) is 3.20. The zero-order valence-corrected chi connectivity index (χ0v) is 13.6. The van der Waals surface area contributed by atoms with Gasteiger partial charge in [-0.15, -0.1) is 0 Å². The van der Waals surface area contributed by atoms with Gasteiger partial charge in [-0.2, -0.15) is 0 Å². The average Bonchev–Trinajstić information content (AvgIpc) is 2.59. The molecule has 0 N–H and O–H groups in total. The highest BCUT2D eigenvalue weighted by atomic mass is 35.5. The van der Waals surface area contributed by atoms with E-state index in [1.807, 2.05) is 42.6 Å². The van der Waals surface area contributed by atoms with Crippen molar-refractivity contribution < 1.29 is 0 Å². The largest absolute Gasteiger partial charge is 0.255 e. The lowest BCUT2D eigenvalue weighted by Crippen LogP contribution is -2.06. The van der Waals surface area contributed by atoms with Crippen molar-refractivity contribution in [2.24, 2.45) is 4.99 Å². The molecule has 0 atom stereocenters. The molecule has 0 bridgehead atoms. The van der Waals surface area contributed by atoms with Gasteiger partial charge in [0.1, 0.15) is 0 Å². The highest BCUT2D eigenvalue weighted by Crippen LogP contribution is 2.36. The number of rotatable bonds is 2. The summed E-state index contributed by atoms with van der Waals surface area (Å²) in [5.74, 6) is 0. The van der Waals surface area contributed by atoms with Gasteiger partial charge in [-0.1, -0.05) is 41.9 Å². The minimum absolute atomic E-state index is 0.721. The van der Waals surface area contributed by atoms with Crippen LogP contribution in [-0.4, -0.2) is 11.2 Å². The Kier molecular flexibility index (Phi) is 3.84. The van der Waals surface area contributed by atoms with Gasteiger partial charge in [0.2, 0.25) is 0 Å². The molecule has 0 unspecified atom stereocenters. The number of benzene rings is 2. The van der Waals surface area contributed by atoms with E-state index in [1.165, 1.54) is 24.1 Å². The molecular formula is C20H17ClN2. The number of fused-ring (bicyclic) bond motifs is 2. The van der Waals surface area contributed by atoms with Gasteiger partial charge in [-0.25, -0.2) is 0 Å². The Morgan fingerprint density at radius 3 is 2.70 bits per heavy atom. The molecule has 0 amide bonds. The minimum Gasteiger partial charge on any atom is -0.255 e.